The van der Waals surface area contributed by atoms with Crippen molar-refractivity contribution in [2.24, 2.45) is 5.92 Å². The smallest absolute Gasteiger partial charge is 0.245 e. The first kappa shape index (κ1) is 11.7. The number of nitrogens with zero attached hydrogens (tertiary/aromatic N) is 1. The molecule has 1 saturated heterocycles. The zero-order chi connectivity index (χ0) is 12.4. The van der Waals surface area contributed by atoms with E-state index in [1.165, 1.54) is 4.90 Å². The summed E-state index contributed by atoms with van der Waals surface area (Å²) in [7, 11) is 0. The Hall–Kier alpha value is -1.75. The summed E-state index contributed by atoms with van der Waals surface area (Å²) in [6, 6.07) is 9.07. The number of amides is 2. The number of anilines is 1. The molecule has 1 atom stereocenters. The van der Waals surface area contributed by atoms with Crippen LogP contribution in [-0.2, 0) is 9.59 Å². The van der Waals surface area contributed by atoms with Gasteiger partial charge in [0.1, 0.15) is 5.92 Å². The van der Waals surface area contributed by atoms with Gasteiger partial charge in [0.15, 0.2) is 5.11 Å². The van der Waals surface area contributed by atoms with Gasteiger partial charge in [-0.15, -0.1) is 0 Å². The Kier molecular flexibility index (Phi) is 3.19. The maximum atomic E-state index is 12.2. The summed E-state index contributed by atoms with van der Waals surface area (Å²) < 4.78 is 0. The van der Waals surface area contributed by atoms with Gasteiger partial charge in [-0.1, -0.05) is 25.1 Å². The summed E-state index contributed by atoms with van der Waals surface area (Å²) in [6.45, 7) is 1.81. The molecule has 1 aliphatic heterocycles. The molecule has 0 spiro atoms. The lowest BCUT2D eigenvalue weighted by atomic mass is 10.0. The Morgan fingerprint density at radius 3 is 2.53 bits per heavy atom. The van der Waals surface area contributed by atoms with Crippen molar-refractivity contribution in [1.29, 1.82) is 0 Å². The van der Waals surface area contributed by atoms with Gasteiger partial charge in [0.25, 0.3) is 0 Å². The topological polar surface area (TPSA) is 49.4 Å². The van der Waals surface area contributed by atoms with Crippen LogP contribution in [-0.4, -0.2) is 16.9 Å². The van der Waals surface area contributed by atoms with E-state index in [4.69, 9.17) is 12.2 Å². The molecule has 1 N–H and O–H groups in total. The van der Waals surface area contributed by atoms with Gasteiger partial charge in [0.05, 0.1) is 5.69 Å². The zero-order valence-corrected chi connectivity index (χ0v) is 10.2. The monoisotopic (exact) mass is 248 g/mol. The highest BCUT2D eigenvalue weighted by Gasteiger charge is 2.37. The van der Waals surface area contributed by atoms with E-state index < -0.39 is 5.92 Å². The normalized spacial score (nSPS) is 20.4. The van der Waals surface area contributed by atoms with E-state index in [0.717, 1.165) is 0 Å². The fourth-order valence-corrected chi connectivity index (χ4v) is 2.09. The molecule has 0 radical (unpaired) electrons. The minimum Gasteiger partial charge on any atom is -0.302 e. The predicted molar refractivity (Wildman–Crippen MR) is 68.4 cm³/mol. The molecule has 5 heteroatoms. The minimum atomic E-state index is -0.651. The lowest BCUT2D eigenvalue weighted by Crippen LogP contribution is -2.57. The standard InChI is InChI=1S/C12H12N2O2S/c1-2-9-10(15)13-12(17)14(11(9)16)8-6-4-3-5-7-8/h3-7,9H,2H2,1H3,(H,13,15,17). The van der Waals surface area contributed by atoms with Gasteiger partial charge in [0, 0.05) is 0 Å². The molecule has 2 rings (SSSR count). The Bertz CT molecular complexity index is 473. The molecular formula is C12H12N2O2S. The van der Waals surface area contributed by atoms with Crippen LogP contribution in [0.1, 0.15) is 13.3 Å². The largest absolute Gasteiger partial charge is 0.302 e. The lowest BCUT2D eigenvalue weighted by molar-refractivity contribution is -0.133. The summed E-state index contributed by atoms with van der Waals surface area (Å²) in [4.78, 5) is 25.1. The second-order valence-corrected chi connectivity index (χ2v) is 4.15. The number of carbonyl (C=O) groups excluding carboxylic acids is 2. The molecule has 0 aliphatic carbocycles. The van der Waals surface area contributed by atoms with Gasteiger partial charge < -0.3 is 5.32 Å². The molecule has 0 aromatic heterocycles. The van der Waals surface area contributed by atoms with E-state index in [1.807, 2.05) is 18.2 Å². The average Bonchev–Trinajstić information content (AvgIpc) is 2.30. The number of nitrogens with one attached hydrogen (secondary N) is 1. The molecule has 1 unspecified atom stereocenters. The van der Waals surface area contributed by atoms with Gasteiger partial charge in [-0.25, -0.2) is 0 Å². The van der Waals surface area contributed by atoms with E-state index in [1.54, 1.807) is 19.1 Å². The molecule has 4 nitrogen and oxygen atoms in total. The highest BCUT2D eigenvalue weighted by molar-refractivity contribution is 7.80. The first-order valence-corrected chi connectivity index (χ1v) is 5.79. The Morgan fingerprint density at radius 1 is 1.29 bits per heavy atom. The van der Waals surface area contributed by atoms with Crippen molar-refractivity contribution in [3.8, 4) is 0 Å². The lowest BCUT2D eigenvalue weighted by Gasteiger charge is -2.31. The molecule has 88 valence electrons. The van der Waals surface area contributed by atoms with Crippen LogP contribution in [0.15, 0.2) is 30.3 Å². The van der Waals surface area contributed by atoms with Crippen LogP contribution in [0.4, 0.5) is 5.69 Å². The Morgan fingerprint density at radius 2 is 1.94 bits per heavy atom. The fourth-order valence-electron chi connectivity index (χ4n) is 1.80. The van der Waals surface area contributed by atoms with E-state index >= 15 is 0 Å². The first-order chi connectivity index (χ1) is 8.15. The highest BCUT2D eigenvalue weighted by atomic mass is 32.1. The second-order valence-electron chi connectivity index (χ2n) is 3.76. The maximum Gasteiger partial charge on any atom is 0.245 e. The highest BCUT2D eigenvalue weighted by Crippen LogP contribution is 2.21. The van der Waals surface area contributed by atoms with Crippen LogP contribution < -0.4 is 10.2 Å². The zero-order valence-electron chi connectivity index (χ0n) is 9.34. The SMILES string of the molecule is CCC1C(=O)NC(=S)N(c2ccccc2)C1=O. The fraction of sp³-hybridized carbons (Fsp3) is 0.250. The third-order valence-electron chi connectivity index (χ3n) is 2.69. The van der Waals surface area contributed by atoms with Gasteiger partial charge in [-0.3, -0.25) is 14.5 Å². The summed E-state index contributed by atoms with van der Waals surface area (Å²) >= 11 is 5.04. The van der Waals surface area contributed by atoms with Crippen LogP contribution in [0, 0.1) is 5.92 Å². The number of para-hydroxylation sites is 1. The van der Waals surface area contributed by atoms with Gasteiger partial charge >= 0.3 is 0 Å². The van der Waals surface area contributed by atoms with Crippen molar-refractivity contribution in [2.45, 2.75) is 13.3 Å². The number of carbonyl (C=O) groups is 2. The Balaban J connectivity index is 2.37. The van der Waals surface area contributed by atoms with Gasteiger partial charge in [-0.05, 0) is 30.8 Å². The Labute approximate surface area is 105 Å². The molecule has 1 heterocycles. The predicted octanol–water partition coefficient (Wildman–Crippen LogP) is 1.46. The third kappa shape index (κ3) is 2.06. The number of hydrogen-bond donors (Lipinski definition) is 1. The van der Waals surface area contributed by atoms with E-state index in [-0.39, 0.29) is 16.9 Å². The number of rotatable bonds is 2. The molecule has 1 fully saturated rings. The maximum absolute atomic E-state index is 12.2. The van der Waals surface area contributed by atoms with Crippen molar-refractivity contribution in [3.05, 3.63) is 30.3 Å². The van der Waals surface area contributed by atoms with Crippen molar-refractivity contribution >= 4 is 34.8 Å². The van der Waals surface area contributed by atoms with E-state index in [0.29, 0.717) is 12.1 Å². The van der Waals surface area contributed by atoms with Crippen LogP contribution in [0.25, 0.3) is 0 Å². The van der Waals surface area contributed by atoms with Gasteiger partial charge in [0.2, 0.25) is 11.8 Å². The summed E-state index contributed by atoms with van der Waals surface area (Å²) in [5.41, 5.74) is 0.681. The molecular weight excluding hydrogens is 236 g/mol. The van der Waals surface area contributed by atoms with Crippen molar-refractivity contribution in [3.63, 3.8) is 0 Å². The number of thiocarbonyl (C=S) groups is 1. The van der Waals surface area contributed by atoms with Gasteiger partial charge in [-0.2, -0.15) is 0 Å². The van der Waals surface area contributed by atoms with Crippen LogP contribution in [0.2, 0.25) is 0 Å². The molecule has 0 saturated carbocycles. The average molecular weight is 248 g/mol. The number of benzene rings is 1. The molecule has 1 aromatic carbocycles. The minimum absolute atomic E-state index is 0.149. The van der Waals surface area contributed by atoms with Crippen molar-refractivity contribution in [2.75, 3.05) is 4.90 Å². The summed E-state index contributed by atoms with van der Waals surface area (Å²) in [5, 5.41) is 2.71. The molecule has 0 bridgehead atoms. The molecule has 2 amide bonds. The quantitative estimate of drug-likeness (QED) is 0.637. The van der Waals surface area contributed by atoms with Crippen LogP contribution in [0.5, 0.6) is 0 Å². The van der Waals surface area contributed by atoms with Crippen LogP contribution >= 0.6 is 12.2 Å². The first-order valence-electron chi connectivity index (χ1n) is 5.39. The second kappa shape index (κ2) is 4.63. The van der Waals surface area contributed by atoms with E-state index in [9.17, 15) is 9.59 Å². The third-order valence-corrected chi connectivity index (χ3v) is 2.98. The van der Waals surface area contributed by atoms with Crippen LogP contribution in [0.3, 0.4) is 0 Å². The molecule has 1 aliphatic rings. The summed E-state index contributed by atoms with van der Waals surface area (Å²) in [5.74, 6) is -1.22. The van der Waals surface area contributed by atoms with Crippen molar-refractivity contribution in [1.82, 2.24) is 5.32 Å². The molecule has 17 heavy (non-hydrogen) atoms. The molecule has 1 aromatic rings. The summed E-state index contributed by atoms with van der Waals surface area (Å²) in [6.07, 6.45) is 0.469. The van der Waals surface area contributed by atoms with Crippen molar-refractivity contribution < 1.29 is 9.59 Å². The number of hydrogen-bond acceptors (Lipinski definition) is 3. The van der Waals surface area contributed by atoms with E-state index in [2.05, 4.69) is 5.32 Å².